The van der Waals surface area contributed by atoms with E-state index in [0.717, 1.165) is 31.5 Å². The van der Waals surface area contributed by atoms with Crippen LogP contribution in [0.4, 0.5) is 5.69 Å². The van der Waals surface area contributed by atoms with Crippen LogP contribution < -0.4 is 10.2 Å². The molecule has 2 heterocycles. The molecule has 1 fully saturated rings. The molecule has 0 spiro atoms. The van der Waals surface area contributed by atoms with E-state index < -0.39 is 11.8 Å². The Bertz CT molecular complexity index is 806. The molecule has 26 heavy (non-hydrogen) atoms. The van der Waals surface area contributed by atoms with Gasteiger partial charge in [0.25, 0.3) is 11.8 Å². The number of nitrogens with zero attached hydrogens (tertiary/aromatic N) is 2. The second-order valence-electron chi connectivity index (χ2n) is 6.19. The van der Waals surface area contributed by atoms with Crippen molar-refractivity contribution in [2.75, 3.05) is 30.4 Å². The van der Waals surface area contributed by atoms with E-state index in [9.17, 15) is 9.59 Å². The van der Waals surface area contributed by atoms with Gasteiger partial charge in [-0.05, 0) is 54.4 Å². The van der Waals surface area contributed by atoms with E-state index in [1.807, 2.05) is 18.2 Å². The summed E-state index contributed by atoms with van der Waals surface area (Å²) in [6.07, 6.45) is 5.09. The fourth-order valence-corrected chi connectivity index (χ4v) is 3.59. The molecule has 2 amide bonds. The summed E-state index contributed by atoms with van der Waals surface area (Å²) >= 11 is 10.8. The molecule has 0 aliphatic carbocycles. The molecule has 1 aromatic rings. The van der Waals surface area contributed by atoms with E-state index in [0.29, 0.717) is 5.88 Å². The Morgan fingerprint density at radius 2 is 2.15 bits per heavy atom. The third-order valence-corrected chi connectivity index (χ3v) is 5.06. The average Bonchev–Trinajstić information content (AvgIpc) is 3.02. The van der Waals surface area contributed by atoms with Crippen LogP contribution in [0.5, 0.6) is 0 Å². The van der Waals surface area contributed by atoms with Crippen molar-refractivity contribution in [2.45, 2.75) is 12.8 Å². The first kappa shape index (κ1) is 18.6. The quantitative estimate of drug-likeness (QED) is 0.267. The predicted molar refractivity (Wildman–Crippen MR) is 108 cm³/mol. The Balaban J connectivity index is 1.85. The highest BCUT2D eigenvalue weighted by molar-refractivity contribution is 7.80. The van der Waals surface area contributed by atoms with Crippen LogP contribution >= 0.6 is 23.8 Å². The maximum absolute atomic E-state index is 12.6. The van der Waals surface area contributed by atoms with E-state index in [4.69, 9.17) is 23.8 Å². The van der Waals surface area contributed by atoms with Crippen LogP contribution in [0.15, 0.2) is 36.4 Å². The first-order valence-electron chi connectivity index (χ1n) is 8.48. The second-order valence-corrected chi connectivity index (χ2v) is 6.95. The fourth-order valence-electron chi connectivity index (χ4n) is 3.22. The zero-order chi connectivity index (χ0) is 18.7. The maximum Gasteiger partial charge on any atom is 0.265 e. The summed E-state index contributed by atoms with van der Waals surface area (Å²) in [6.45, 7) is 5.78. The summed E-state index contributed by atoms with van der Waals surface area (Å²) in [5.41, 5.74) is 3.33. The van der Waals surface area contributed by atoms with Gasteiger partial charge in [0, 0.05) is 31.2 Å². The molecule has 0 radical (unpaired) electrons. The van der Waals surface area contributed by atoms with Gasteiger partial charge in [-0.3, -0.25) is 19.8 Å². The third-order valence-electron chi connectivity index (χ3n) is 4.47. The number of hydrogen-bond acceptors (Lipinski definition) is 4. The number of fused-ring (bicyclic) bond motifs is 1. The topological polar surface area (TPSA) is 52.7 Å². The normalized spacial score (nSPS) is 18.3. The molecule has 0 atom stereocenters. The summed E-state index contributed by atoms with van der Waals surface area (Å²) in [7, 11) is 0. The van der Waals surface area contributed by atoms with Gasteiger partial charge in [0.2, 0.25) is 0 Å². The molecule has 0 bridgehead atoms. The lowest BCUT2D eigenvalue weighted by atomic mass is 10.0. The predicted octanol–water partition coefficient (Wildman–Crippen LogP) is 2.49. The van der Waals surface area contributed by atoms with Crippen LogP contribution in [0.1, 0.15) is 17.5 Å². The molecule has 0 unspecified atom stereocenters. The zero-order valence-electron chi connectivity index (χ0n) is 14.3. The van der Waals surface area contributed by atoms with E-state index >= 15 is 0 Å². The Morgan fingerprint density at radius 1 is 1.35 bits per heavy atom. The summed E-state index contributed by atoms with van der Waals surface area (Å²) in [6, 6.07) is 6.00. The molecule has 2 aliphatic heterocycles. The van der Waals surface area contributed by atoms with Gasteiger partial charge >= 0.3 is 0 Å². The Morgan fingerprint density at radius 3 is 2.88 bits per heavy atom. The van der Waals surface area contributed by atoms with Crippen LogP contribution in [-0.2, 0) is 16.0 Å². The van der Waals surface area contributed by atoms with Gasteiger partial charge in [-0.25, -0.2) is 0 Å². The highest BCUT2D eigenvalue weighted by atomic mass is 35.5. The first-order valence-corrected chi connectivity index (χ1v) is 9.43. The maximum atomic E-state index is 12.6. The van der Waals surface area contributed by atoms with Crippen LogP contribution in [0, 0.1) is 0 Å². The smallest absolute Gasteiger partial charge is 0.265 e. The van der Waals surface area contributed by atoms with Crippen molar-refractivity contribution in [3.05, 3.63) is 47.6 Å². The number of benzene rings is 1. The molecule has 3 rings (SSSR count). The number of amides is 2. The number of anilines is 1. The molecule has 5 nitrogen and oxygen atoms in total. The summed E-state index contributed by atoms with van der Waals surface area (Å²) < 4.78 is 0. The number of nitrogens with one attached hydrogen (secondary N) is 1. The fraction of sp³-hybridized carbons (Fsp3) is 0.316. The Labute approximate surface area is 163 Å². The van der Waals surface area contributed by atoms with Gasteiger partial charge in [-0.1, -0.05) is 12.1 Å². The van der Waals surface area contributed by atoms with Gasteiger partial charge in [0.15, 0.2) is 5.11 Å². The van der Waals surface area contributed by atoms with E-state index in [2.05, 4.69) is 16.8 Å². The van der Waals surface area contributed by atoms with Crippen LogP contribution in [0.3, 0.4) is 0 Å². The monoisotopic (exact) mass is 389 g/mol. The van der Waals surface area contributed by atoms with E-state index in [1.54, 1.807) is 12.2 Å². The van der Waals surface area contributed by atoms with Crippen molar-refractivity contribution < 1.29 is 9.59 Å². The van der Waals surface area contributed by atoms with Crippen LogP contribution in [0.25, 0.3) is 6.08 Å². The number of carbonyl (C=O) groups excluding carboxylic acids is 2. The molecule has 1 saturated heterocycles. The average molecular weight is 390 g/mol. The minimum Gasteiger partial charge on any atom is -0.371 e. The van der Waals surface area contributed by atoms with Crippen molar-refractivity contribution in [3.8, 4) is 0 Å². The third kappa shape index (κ3) is 3.66. The minimum absolute atomic E-state index is 0.0809. The number of carbonyl (C=O) groups is 2. The molecule has 136 valence electrons. The molecular formula is C19H20ClN3O2S. The van der Waals surface area contributed by atoms with Crippen molar-refractivity contribution in [2.24, 2.45) is 0 Å². The summed E-state index contributed by atoms with van der Waals surface area (Å²) in [4.78, 5) is 28.4. The number of rotatable bonds is 6. The highest BCUT2D eigenvalue weighted by Crippen LogP contribution is 2.30. The molecular weight excluding hydrogens is 370 g/mol. The Hall–Kier alpha value is -2.18. The van der Waals surface area contributed by atoms with Gasteiger partial charge in [-0.2, -0.15) is 0 Å². The molecule has 7 heteroatoms. The molecule has 1 aromatic carbocycles. The number of thiocarbonyl (C=S) groups is 1. The van der Waals surface area contributed by atoms with Crippen molar-refractivity contribution >= 4 is 52.5 Å². The minimum atomic E-state index is -0.468. The number of hydrogen-bond donors (Lipinski definition) is 1. The molecule has 2 aliphatic rings. The largest absolute Gasteiger partial charge is 0.371 e. The SMILES string of the molecule is C=CCN1C(=O)C(=Cc2ccc3c(c2)CCN3CCCCl)C(=O)NC1=S. The van der Waals surface area contributed by atoms with Crippen LogP contribution in [-0.4, -0.2) is 47.3 Å². The van der Waals surface area contributed by atoms with E-state index in [1.165, 1.54) is 16.2 Å². The van der Waals surface area contributed by atoms with Crippen LogP contribution in [0.2, 0.25) is 0 Å². The lowest BCUT2D eigenvalue weighted by Crippen LogP contribution is -2.53. The van der Waals surface area contributed by atoms with Crippen molar-refractivity contribution in [1.29, 1.82) is 0 Å². The zero-order valence-corrected chi connectivity index (χ0v) is 15.9. The van der Waals surface area contributed by atoms with E-state index in [-0.39, 0.29) is 17.2 Å². The summed E-state index contributed by atoms with van der Waals surface area (Å²) in [5, 5.41) is 2.67. The van der Waals surface area contributed by atoms with Gasteiger partial charge < -0.3 is 4.90 Å². The lowest BCUT2D eigenvalue weighted by molar-refractivity contribution is -0.128. The molecule has 0 aromatic heterocycles. The second kappa shape index (κ2) is 8.01. The number of halogens is 1. The number of alkyl halides is 1. The summed E-state index contributed by atoms with van der Waals surface area (Å²) in [5.74, 6) is -0.219. The lowest BCUT2D eigenvalue weighted by Gasteiger charge is -2.27. The standard InChI is InChI=1S/C19H20ClN3O2S/c1-2-8-23-18(25)15(17(24)21-19(23)26)12-13-4-5-16-14(11-13)6-10-22(16)9-3-7-20/h2,4-5,11-12H,1,3,6-10H2,(H,21,24,26). The molecule has 0 saturated carbocycles. The Kier molecular flexibility index (Phi) is 5.74. The van der Waals surface area contributed by atoms with Crippen molar-refractivity contribution in [1.82, 2.24) is 10.2 Å². The highest BCUT2D eigenvalue weighted by Gasteiger charge is 2.32. The van der Waals surface area contributed by atoms with Crippen molar-refractivity contribution in [3.63, 3.8) is 0 Å². The van der Waals surface area contributed by atoms with Gasteiger partial charge in [0.1, 0.15) is 5.57 Å². The molecule has 1 N–H and O–H groups in total. The van der Waals surface area contributed by atoms with Gasteiger partial charge in [0.05, 0.1) is 0 Å². The van der Waals surface area contributed by atoms with Gasteiger partial charge in [-0.15, -0.1) is 18.2 Å². The first-order chi connectivity index (χ1) is 12.5.